The summed E-state index contributed by atoms with van der Waals surface area (Å²) in [6, 6.07) is 16.2. The zero-order valence-electron chi connectivity index (χ0n) is 18.6. The first-order chi connectivity index (χ1) is 14.4. The van der Waals surface area contributed by atoms with Gasteiger partial charge in [0.2, 0.25) is 0 Å². The van der Waals surface area contributed by atoms with Crippen molar-refractivity contribution in [2.75, 3.05) is 4.90 Å². The van der Waals surface area contributed by atoms with Crippen molar-refractivity contribution in [1.29, 1.82) is 0 Å². The van der Waals surface area contributed by atoms with Crippen molar-refractivity contribution >= 4 is 23.5 Å². The van der Waals surface area contributed by atoms with Crippen molar-refractivity contribution in [2.45, 2.75) is 64.1 Å². The topological polar surface area (TPSA) is 83.9 Å². The molecule has 0 aliphatic carbocycles. The second-order valence-corrected chi connectivity index (χ2v) is 9.39. The monoisotopic (exact) mass is 423 g/mol. The molecule has 2 amide bonds. The van der Waals surface area contributed by atoms with Crippen LogP contribution in [0.2, 0.25) is 0 Å². The summed E-state index contributed by atoms with van der Waals surface area (Å²) in [5.74, 6) is -0.832. The number of anilines is 1. The second kappa shape index (κ2) is 7.93. The highest BCUT2D eigenvalue weighted by molar-refractivity contribution is 6.22. The van der Waals surface area contributed by atoms with E-state index in [1.165, 1.54) is 13.8 Å². The van der Waals surface area contributed by atoms with Gasteiger partial charge in [0.25, 0.3) is 5.91 Å². The number of imide groups is 1. The van der Waals surface area contributed by atoms with E-state index in [0.717, 1.165) is 4.90 Å². The fraction of sp³-hybridized carbons (Fsp3) is 0.400. The van der Waals surface area contributed by atoms with Gasteiger partial charge in [-0.1, -0.05) is 48.5 Å². The van der Waals surface area contributed by atoms with Crippen LogP contribution in [0.5, 0.6) is 0 Å². The molecule has 0 radical (unpaired) electrons. The van der Waals surface area contributed by atoms with E-state index in [2.05, 4.69) is 0 Å². The summed E-state index contributed by atoms with van der Waals surface area (Å²) in [5, 5.41) is 10.1. The van der Waals surface area contributed by atoms with Gasteiger partial charge in [-0.3, -0.25) is 9.59 Å². The molecule has 0 fully saturated rings. The highest BCUT2D eigenvalue weighted by atomic mass is 16.6. The molecule has 0 bridgehead atoms. The van der Waals surface area contributed by atoms with E-state index in [1.54, 1.807) is 45.0 Å². The van der Waals surface area contributed by atoms with Gasteiger partial charge in [-0.15, -0.1) is 0 Å². The Kier molecular flexibility index (Phi) is 5.80. The molecule has 6 heteroatoms. The number of hydrogen-bond donors (Lipinski definition) is 1. The number of Topliss-reactive ketones (excluding diaryl/α,β-unsaturated/α-hetero) is 1. The summed E-state index contributed by atoms with van der Waals surface area (Å²) in [7, 11) is 0. The largest absolute Gasteiger partial charge is 0.443 e. The summed E-state index contributed by atoms with van der Waals surface area (Å²) >= 11 is 0. The minimum Gasteiger partial charge on any atom is -0.443 e. The first-order valence-electron chi connectivity index (χ1n) is 10.4. The van der Waals surface area contributed by atoms with Crippen LogP contribution in [0.1, 0.15) is 58.6 Å². The van der Waals surface area contributed by atoms with Gasteiger partial charge in [0.05, 0.1) is 5.69 Å². The molecule has 3 rings (SSSR count). The summed E-state index contributed by atoms with van der Waals surface area (Å²) in [6.45, 7) is 8.08. The molecular weight excluding hydrogens is 394 g/mol. The molecule has 31 heavy (non-hydrogen) atoms. The molecule has 2 aromatic carbocycles. The Hall–Kier alpha value is -2.99. The number of nitrogens with zero attached hydrogens (tertiary/aromatic N) is 1. The van der Waals surface area contributed by atoms with Crippen molar-refractivity contribution in [2.24, 2.45) is 0 Å². The van der Waals surface area contributed by atoms with Crippen LogP contribution in [0.15, 0.2) is 54.6 Å². The van der Waals surface area contributed by atoms with Crippen molar-refractivity contribution in [3.63, 3.8) is 0 Å². The lowest BCUT2D eigenvalue weighted by Crippen LogP contribution is -2.46. The van der Waals surface area contributed by atoms with Gasteiger partial charge in [-0.2, -0.15) is 0 Å². The summed E-state index contributed by atoms with van der Waals surface area (Å²) in [4.78, 5) is 40.6. The molecule has 1 heterocycles. The van der Waals surface area contributed by atoms with Crippen LogP contribution in [0, 0.1) is 0 Å². The highest BCUT2D eigenvalue weighted by Gasteiger charge is 2.54. The number of ether oxygens (including phenoxy) is 1. The number of carbonyl (C=O) groups is 3. The zero-order valence-corrected chi connectivity index (χ0v) is 18.6. The third-order valence-corrected chi connectivity index (χ3v) is 5.43. The number of hydrogen-bond acceptors (Lipinski definition) is 5. The fourth-order valence-electron chi connectivity index (χ4n) is 3.93. The van der Waals surface area contributed by atoms with Gasteiger partial charge in [-0.25, -0.2) is 9.69 Å². The van der Waals surface area contributed by atoms with Gasteiger partial charge in [-0.05, 0) is 58.2 Å². The normalized spacial score (nSPS) is 18.6. The van der Waals surface area contributed by atoms with Gasteiger partial charge in [0, 0.05) is 6.42 Å². The molecule has 1 atom stereocenters. The van der Waals surface area contributed by atoms with E-state index in [1.807, 2.05) is 30.3 Å². The molecule has 0 saturated carbocycles. The van der Waals surface area contributed by atoms with E-state index < -0.39 is 28.6 Å². The van der Waals surface area contributed by atoms with Crippen LogP contribution in [-0.2, 0) is 19.7 Å². The number of benzene rings is 2. The fourth-order valence-corrected chi connectivity index (χ4v) is 3.93. The SMILES string of the molecule is CC(C)(C)OC(=O)N1C(=O)[C@](CCC(=O)C(C)(C)O)(c2ccccc2)c2ccccc21. The van der Waals surface area contributed by atoms with Crippen molar-refractivity contribution in [1.82, 2.24) is 0 Å². The van der Waals surface area contributed by atoms with Crippen LogP contribution in [-0.4, -0.2) is 34.1 Å². The number of para-hydroxylation sites is 1. The Balaban J connectivity index is 2.15. The maximum absolute atomic E-state index is 13.9. The van der Waals surface area contributed by atoms with Gasteiger partial charge in [0.15, 0.2) is 5.78 Å². The lowest BCUT2D eigenvalue weighted by Gasteiger charge is -2.30. The third kappa shape index (κ3) is 4.26. The predicted octanol–water partition coefficient (Wildman–Crippen LogP) is 4.37. The van der Waals surface area contributed by atoms with E-state index in [9.17, 15) is 19.5 Å². The second-order valence-electron chi connectivity index (χ2n) is 9.39. The number of rotatable bonds is 5. The van der Waals surface area contributed by atoms with E-state index in [-0.39, 0.29) is 18.6 Å². The summed E-state index contributed by atoms with van der Waals surface area (Å²) in [5.41, 5.74) is -1.76. The Morgan fingerprint density at radius 2 is 1.55 bits per heavy atom. The van der Waals surface area contributed by atoms with E-state index >= 15 is 0 Å². The molecule has 1 aliphatic rings. The number of aliphatic hydroxyl groups is 1. The van der Waals surface area contributed by atoms with E-state index in [4.69, 9.17) is 4.74 Å². The number of ketones is 1. The minimum atomic E-state index is -1.51. The maximum Gasteiger partial charge on any atom is 0.421 e. The molecule has 164 valence electrons. The molecule has 0 unspecified atom stereocenters. The zero-order chi connectivity index (χ0) is 23.0. The number of fused-ring (bicyclic) bond motifs is 1. The van der Waals surface area contributed by atoms with Gasteiger partial charge >= 0.3 is 6.09 Å². The average molecular weight is 424 g/mol. The Morgan fingerprint density at radius 1 is 0.968 bits per heavy atom. The van der Waals surface area contributed by atoms with Gasteiger partial charge < -0.3 is 9.84 Å². The lowest BCUT2D eigenvalue weighted by atomic mass is 9.71. The van der Waals surface area contributed by atoms with Crippen LogP contribution in [0.4, 0.5) is 10.5 Å². The first-order valence-corrected chi connectivity index (χ1v) is 10.4. The number of carbonyl (C=O) groups excluding carboxylic acids is 3. The molecule has 0 saturated heterocycles. The van der Waals surface area contributed by atoms with Crippen molar-refractivity contribution < 1.29 is 24.2 Å². The molecule has 1 aliphatic heterocycles. The molecule has 1 N–H and O–H groups in total. The van der Waals surface area contributed by atoms with E-state index in [0.29, 0.717) is 16.8 Å². The standard InChI is InChI=1S/C25H29NO5/c1-23(2,3)31-22(29)26-19-14-10-9-13-18(19)25(21(26)28,17-11-7-6-8-12-17)16-15-20(27)24(4,5)30/h6-14,30H,15-16H2,1-5H3/t25-/m1/s1. The van der Waals surface area contributed by atoms with Crippen LogP contribution >= 0.6 is 0 Å². The molecule has 0 aromatic heterocycles. The average Bonchev–Trinajstić information content (AvgIpc) is 2.93. The van der Waals surface area contributed by atoms with Crippen LogP contribution in [0.3, 0.4) is 0 Å². The molecular formula is C25H29NO5. The number of amides is 2. The Bertz CT molecular complexity index is 1000. The third-order valence-electron chi connectivity index (χ3n) is 5.43. The predicted molar refractivity (Wildman–Crippen MR) is 118 cm³/mol. The Morgan fingerprint density at radius 3 is 2.13 bits per heavy atom. The van der Waals surface area contributed by atoms with Gasteiger partial charge in [0.1, 0.15) is 16.6 Å². The Labute approximate surface area is 182 Å². The molecule has 6 nitrogen and oxygen atoms in total. The first kappa shape index (κ1) is 22.7. The quantitative estimate of drug-likeness (QED) is 0.772. The van der Waals surface area contributed by atoms with Crippen LogP contribution < -0.4 is 4.90 Å². The summed E-state index contributed by atoms with van der Waals surface area (Å²) in [6.07, 6.45) is -0.660. The van der Waals surface area contributed by atoms with Crippen LogP contribution in [0.25, 0.3) is 0 Å². The minimum absolute atomic E-state index is 0.0272. The highest BCUT2D eigenvalue weighted by Crippen LogP contribution is 2.49. The maximum atomic E-state index is 13.9. The van der Waals surface area contributed by atoms with Crippen molar-refractivity contribution in [3.8, 4) is 0 Å². The molecule has 0 spiro atoms. The van der Waals surface area contributed by atoms with Crippen molar-refractivity contribution in [3.05, 3.63) is 65.7 Å². The summed E-state index contributed by atoms with van der Waals surface area (Å²) < 4.78 is 5.52. The lowest BCUT2D eigenvalue weighted by molar-refractivity contribution is -0.134. The smallest absolute Gasteiger partial charge is 0.421 e. The molecule has 2 aromatic rings.